The number of aromatic nitrogens is 3. The average Bonchev–Trinajstić information content (AvgIpc) is 3.82. The van der Waals surface area contributed by atoms with Crippen molar-refractivity contribution in [1.82, 2.24) is 14.8 Å². The molecule has 0 fully saturated rings. The van der Waals surface area contributed by atoms with E-state index < -0.39 is 80.2 Å². The molecule has 23 nitrogen and oxygen atoms in total. The summed E-state index contributed by atoms with van der Waals surface area (Å²) in [7, 11) is -13.0. The lowest BCUT2D eigenvalue weighted by molar-refractivity contribution is 0.0594. The quantitative estimate of drug-likeness (QED) is 0.0280. The number of aromatic amines is 1. The number of H-pyrrole nitrogens is 1. The maximum absolute atomic E-state index is 13.5. The number of para-hydroxylation sites is 1. The van der Waals surface area contributed by atoms with Gasteiger partial charge in [-0.25, -0.2) is 14.5 Å². The van der Waals surface area contributed by atoms with E-state index in [0.717, 1.165) is 52.3 Å². The van der Waals surface area contributed by atoms with Gasteiger partial charge < -0.3 is 14.6 Å². The number of ether oxygens (including phenoxy) is 2. The van der Waals surface area contributed by atoms with E-state index in [9.17, 15) is 53.6 Å². The summed E-state index contributed by atoms with van der Waals surface area (Å²) < 4.78 is 112. The SMILES string of the molecule is COC(=O)c1[nH]n(-c2ccc(S(=O)(=O)O)cc2)c(=O)c1N=Nc1ccc2c(O)c(N=Nc3cc(C)c(N=Nc4nc5ccccc5s4)cc3OCCCS(=O)(=O)O)ccc2c1S(=O)(=O)O. The molecule has 5 aromatic carbocycles. The average molecular weight is 966 g/mol. The first kappa shape index (κ1) is 45.9. The number of benzene rings is 5. The zero-order valence-corrected chi connectivity index (χ0v) is 36.6. The van der Waals surface area contributed by atoms with Gasteiger partial charge in [0.25, 0.3) is 35.9 Å². The number of nitrogens with zero attached hydrogens (tertiary/aromatic N) is 8. The molecule has 65 heavy (non-hydrogen) atoms. The van der Waals surface area contributed by atoms with Gasteiger partial charge in [0.05, 0.1) is 46.0 Å². The first-order valence-electron chi connectivity index (χ1n) is 18.3. The molecule has 7 aromatic rings. The van der Waals surface area contributed by atoms with Gasteiger partial charge in [-0.2, -0.15) is 25.3 Å². The first-order valence-corrected chi connectivity index (χ1v) is 23.6. The summed E-state index contributed by atoms with van der Waals surface area (Å²) in [5.41, 5.74) is -1.30. The number of nitrogens with one attached hydrogen (secondary N) is 1. The Morgan fingerprint density at radius 3 is 2.12 bits per heavy atom. The number of phenols is 1. The molecule has 0 unspecified atom stereocenters. The molecule has 0 aliphatic rings. The molecule has 0 spiro atoms. The van der Waals surface area contributed by atoms with E-state index in [1.807, 2.05) is 24.3 Å². The highest BCUT2D eigenvalue weighted by atomic mass is 32.2. The molecule has 0 aliphatic carbocycles. The number of hydrogen-bond donors (Lipinski definition) is 5. The van der Waals surface area contributed by atoms with Crippen LogP contribution in [0.3, 0.4) is 0 Å². The Morgan fingerprint density at radius 1 is 0.785 bits per heavy atom. The van der Waals surface area contributed by atoms with Crippen molar-refractivity contribution >= 4 is 102 Å². The summed E-state index contributed by atoms with van der Waals surface area (Å²) in [6, 6.07) is 19.3. The molecular formula is C38H31N9O14S4. The highest BCUT2D eigenvalue weighted by Crippen LogP contribution is 2.43. The van der Waals surface area contributed by atoms with Gasteiger partial charge in [-0.1, -0.05) is 29.5 Å². The van der Waals surface area contributed by atoms with E-state index in [1.165, 1.54) is 41.7 Å². The minimum absolute atomic E-state index is 0.0173. The van der Waals surface area contributed by atoms with Gasteiger partial charge >= 0.3 is 5.97 Å². The molecule has 336 valence electrons. The van der Waals surface area contributed by atoms with Crippen LogP contribution in [-0.2, 0) is 35.1 Å². The molecule has 0 saturated heterocycles. The summed E-state index contributed by atoms with van der Waals surface area (Å²) in [5.74, 6) is -2.22. The molecule has 2 heterocycles. The highest BCUT2D eigenvalue weighted by Gasteiger charge is 2.25. The number of rotatable bonds is 15. The fraction of sp³-hybridized carbons (Fsp3) is 0.132. The number of phenolic OH excluding ortho intramolecular Hbond substituents is 1. The number of fused-ring (bicyclic) bond motifs is 2. The second kappa shape index (κ2) is 18.2. The number of esters is 1. The standard InChI is InChI=1S/C38H31N9O14S4/c1-20-18-29(30(61-16-5-17-63(51,52)53)19-28(20)42-45-38-39-25-6-3-4-7-31(25)62-38)43-40-26-14-13-24-23(34(26)48)12-15-27(35(24)65(57,58)59)41-44-32-33(37(50)60-2)46-47(36(32)49)21-8-10-22(11-9-21)64(54,55)56/h3-4,6-15,18-19,46,48H,5,16-17H2,1-2H3,(H,51,52,53)(H,54,55,56)(H,57,58,59). The lowest BCUT2D eigenvalue weighted by atomic mass is 10.1. The Bertz CT molecular complexity index is 3500. The lowest BCUT2D eigenvalue weighted by Gasteiger charge is -2.11. The minimum atomic E-state index is -5.17. The van der Waals surface area contributed by atoms with E-state index in [0.29, 0.717) is 16.4 Å². The van der Waals surface area contributed by atoms with Crippen molar-refractivity contribution < 1.29 is 58.3 Å². The Labute approximate surface area is 370 Å². The number of methoxy groups -OCH3 is 1. The predicted molar refractivity (Wildman–Crippen MR) is 233 cm³/mol. The van der Waals surface area contributed by atoms with Crippen molar-refractivity contribution in [3.8, 4) is 17.2 Å². The van der Waals surface area contributed by atoms with Gasteiger partial charge in [0.15, 0.2) is 17.1 Å². The largest absolute Gasteiger partial charge is 0.505 e. The first-order chi connectivity index (χ1) is 30.7. The van der Waals surface area contributed by atoms with Gasteiger partial charge in [0, 0.05) is 16.8 Å². The molecule has 7 rings (SSSR count). The maximum Gasteiger partial charge on any atom is 0.358 e. The highest BCUT2D eigenvalue weighted by molar-refractivity contribution is 7.86. The fourth-order valence-corrected chi connectivity index (χ4v) is 8.66. The predicted octanol–water partition coefficient (Wildman–Crippen LogP) is 8.13. The molecule has 0 radical (unpaired) electrons. The lowest BCUT2D eigenvalue weighted by Crippen LogP contribution is -2.14. The van der Waals surface area contributed by atoms with E-state index in [4.69, 9.17) is 9.47 Å². The zero-order valence-electron chi connectivity index (χ0n) is 33.3. The number of aromatic hydroxyl groups is 1. The van der Waals surface area contributed by atoms with E-state index in [-0.39, 0.29) is 46.6 Å². The Hall–Kier alpha value is -7.14. The summed E-state index contributed by atoms with van der Waals surface area (Å²) in [6.45, 7) is 1.51. The van der Waals surface area contributed by atoms with Gasteiger partial charge in [0.1, 0.15) is 27.7 Å². The van der Waals surface area contributed by atoms with E-state index in [2.05, 4.69) is 40.8 Å². The van der Waals surface area contributed by atoms with Crippen LogP contribution in [-0.4, -0.2) is 84.2 Å². The third-order valence-electron chi connectivity index (χ3n) is 9.12. The fourth-order valence-electron chi connectivity index (χ4n) is 6.08. The van der Waals surface area contributed by atoms with Crippen LogP contribution in [0, 0.1) is 6.92 Å². The number of carbonyl (C=O) groups excluding carboxylic acids is 1. The number of thiazole rings is 1. The van der Waals surface area contributed by atoms with Crippen LogP contribution in [0.4, 0.5) is 33.6 Å². The van der Waals surface area contributed by atoms with Crippen molar-refractivity contribution in [2.24, 2.45) is 30.7 Å². The zero-order chi connectivity index (χ0) is 46.8. The maximum atomic E-state index is 13.5. The van der Waals surface area contributed by atoms with Crippen molar-refractivity contribution in [2.75, 3.05) is 19.5 Å². The van der Waals surface area contributed by atoms with Crippen molar-refractivity contribution in [3.63, 3.8) is 0 Å². The molecule has 0 bridgehead atoms. The van der Waals surface area contributed by atoms with Crippen molar-refractivity contribution in [3.05, 3.63) is 107 Å². The second-order valence-electron chi connectivity index (χ2n) is 13.5. The van der Waals surface area contributed by atoms with Crippen LogP contribution in [0.1, 0.15) is 22.5 Å². The van der Waals surface area contributed by atoms with Crippen LogP contribution in [0.2, 0.25) is 0 Å². The van der Waals surface area contributed by atoms with Crippen LogP contribution in [0.25, 0.3) is 26.7 Å². The number of aryl methyl sites for hydroxylation is 1. The minimum Gasteiger partial charge on any atom is -0.505 e. The Kier molecular flexibility index (Phi) is 12.8. The number of azo groups is 3. The summed E-state index contributed by atoms with van der Waals surface area (Å²) in [4.78, 5) is 29.2. The number of hydrogen-bond acceptors (Lipinski definition) is 19. The van der Waals surface area contributed by atoms with Crippen molar-refractivity contribution in [1.29, 1.82) is 0 Å². The number of carbonyl (C=O) groups is 1. The summed E-state index contributed by atoms with van der Waals surface area (Å²) >= 11 is 1.32. The molecule has 0 amide bonds. The van der Waals surface area contributed by atoms with Crippen LogP contribution in [0.15, 0.2) is 130 Å². The topological polar surface area (TPSA) is 344 Å². The van der Waals surface area contributed by atoms with Crippen molar-refractivity contribution in [2.45, 2.75) is 23.1 Å². The van der Waals surface area contributed by atoms with Crippen LogP contribution >= 0.6 is 11.3 Å². The third-order valence-corrected chi connectivity index (χ3v) is 12.7. The molecule has 5 N–H and O–H groups in total. The molecule has 2 aromatic heterocycles. The molecular weight excluding hydrogens is 935 g/mol. The Balaban J connectivity index is 1.23. The van der Waals surface area contributed by atoms with Gasteiger partial charge in [-0.05, 0) is 79.6 Å². The van der Waals surface area contributed by atoms with Gasteiger partial charge in [-0.15, -0.1) is 30.7 Å². The van der Waals surface area contributed by atoms with Gasteiger partial charge in [-0.3, -0.25) is 23.6 Å². The molecule has 27 heteroatoms. The third kappa shape index (κ3) is 10.3. The van der Waals surface area contributed by atoms with E-state index >= 15 is 0 Å². The van der Waals surface area contributed by atoms with E-state index in [1.54, 1.807) is 6.92 Å². The molecule has 0 saturated carbocycles. The smallest absolute Gasteiger partial charge is 0.358 e. The summed E-state index contributed by atoms with van der Waals surface area (Å²) in [6.07, 6.45) is -0.0962. The molecule has 0 atom stereocenters. The second-order valence-corrected chi connectivity index (χ2v) is 18.9. The van der Waals surface area contributed by atoms with Gasteiger partial charge in [0.2, 0.25) is 5.13 Å². The van der Waals surface area contributed by atoms with Crippen LogP contribution < -0.4 is 10.3 Å². The molecule has 0 aliphatic heterocycles. The normalized spacial score (nSPS) is 12.6. The monoisotopic (exact) mass is 965 g/mol. The van der Waals surface area contributed by atoms with Crippen LogP contribution in [0.5, 0.6) is 11.5 Å². The Morgan fingerprint density at radius 2 is 1.45 bits per heavy atom. The summed E-state index contributed by atoms with van der Waals surface area (Å²) in [5, 5.41) is 38.3.